The molecule has 2 aromatic rings. The lowest BCUT2D eigenvalue weighted by Gasteiger charge is -2.20. The molecular formula is C28H40N4OS. The molecule has 5 nitrogen and oxygen atoms in total. The van der Waals surface area contributed by atoms with Crippen molar-refractivity contribution in [2.45, 2.75) is 107 Å². The molecule has 4 rings (SSSR count). The molecule has 0 aliphatic heterocycles. The molecule has 6 heteroatoms. The van der Waals surface area contributed by atoms with Crippen LogP contribution in [0.5, 0.6) is 0 Å². The fourth-order valence-corrected chi connectivity index (χ4v) is 5.94. The molecular weight excluding hydrogens is 440 g/mol. The molecule has 1 saturated carbocycles. The van der Waals surface area contributed by atoms with Crippen molar-refractivity contribution in [3.63, 3.8) is 0 Å². The van der Waals surface area contributed by atoms with Gasteiger partial charge in [-0.1, -0.05) is 81.3 Å². The summed E-state index contributed by atoms with van der Waals surface area (Å²) < 4.78 is 2.31. The van der Waals surface area contributed by atoms with Crippen LogP contribution in [0.15, 0.2) is 41.1 Å². The first-order chi connectivity index (χ1) is 16.3. The van der Waals surface area contributed by atoms with Crippen molar-refractivity contribution in [2.24, 2.45) is 0 Å². The van der Waals surface area contributed by atoms with E-state index in [1.165, 1.54) is 61.4 Å². The predicted octanol–water partition coefficient (Wildman–Crippen LogP) is 6.85. The third-order valence-electron chi connectivity index (χ3n) is 7.15. The number of hydrogen-bond donors (Lipinski definition) is 1. The van der Waals surface area contributed by atoms with Crippen LogP contribution in [-0.2, 0) is 10.2 Å². The van der Waals surface area contributed by atoms with Crippen molar-refractivity contribution < 1.29 is 4.79 Å². The summed E-state index contributed by atoms with van der Waals surface area (Å²) in [6.45, 7) is 9.39. The number of rotatable bonds is 8. The highest BCUT2D eigenvalue weighted by atomic mass is 32.2. The Hall–Kier alpha value is -2.08. The van der Waals surface area contributed by atoms with Gasteiger partial charge in [0.2, 0.25) is 5.91 Å². The van der Waals surface area contributed by atoms with Crippen LogP contribution in [0, 0.1) is 0 Å². The summed E-state index contributed by atoms with van der Waals surface area (Å²) >= 11 is 1.54. The fourth-order valence-electron chi connectivity index (χ4n) is 5.00. The maximum absolute atomic E-state index is 12.8. The third-order valence-corrected chi connectivity index (χ3v) is 8.20. The van der Waals surface area contributed by atoms with Crippen molar-refractivity contribution in [3.05, 3.63) is 41.5 Å². The van der Waals surface area contributed by atoms with E-state index in [-0.39, 0.29) is 16.6 Å². The van der Waals surface area contributed by atoms with E-state index in [1.54, 1.807) is 0 Å². The van der Waals surface area contributed by atoms with E-state index in [4.69, 9.17) is 0 Å². The monoisotopic (exact) mass is 480 g/mol. The van der Waals surface area contributed by atoms with E-state index in [0.717, 1.165) is 42.4 Å². The Morgan fingerprint density at radius 1 is 1.12 bits per heavy atom. The summed E-state index contributed by atoms with van der Waals surface area (Å²) in [5, 5.41) is 13.0. The molecule has 0 saturated heterocycles. The normalized spacial score (nSPS) is 18.1. The summed E-state index contributed by atoms with van der Waals surface area (Å²) in [5.74, 6) is 1.00. The van der Waals surface area contributed by atoms with Crippen LogP contribution >= 0.6 is 11.8 Å². The molecule has 1 amide bonds. The highest BCUT2D eigenvalue weighted by molar-refractivity contribution is 8.00. The smallest absolute Gasteiger partial charge is 0.233 e. The van der Waals surface area contributed by atoms with E-state index in [9.17, 15) is 4.79 Å². The van der Waals surface area contributed by atoms with Crippen molar-refractivity contribution in [3.8, 4) is 11.4 Å². The number of amides is 1. The Kier molecular flexibility index (Phi) is 8.18. The van der Waals surface area contributed by atoms with E-state index < -0.39 is 0 Å². The van der Waals surface area contributed by atoms with E-state index in [1.807, 2.05) is 6.92 Å². The summed E-state index contributed by atoms with van der Waals surface area (Å²) in [7, 11) is 0. The number of nitrogens with zero attached hydrogens (tertiary/aromatic N) is 3. The first-order valence-corrected chi connectivity index (χ1v) is 13.9. The first-order valence-electron chi connectivity index (χ1n) is 13.0. The summed E-state index contributed by atoms with van der Waals surface area (Å²) in [6.07, 6.45) is 13.0. The Bertz CT molecular complexity index is 996. The summed E-state index contributed by atoms with van der Waals surface area (Å²) in [5.41, 5.74) is 4.02. The minimum absolute atomic E-state index is 0.0819. The van der Waals surface area contributed by atoms with Crippen LogP contribution in [0.4, 0.5) is 0 Å². The molecule has 0 bridgehead atoms. The van der Waals surface area contributed by atoms with Gasteiger partial charge in [-0.25, -0.2) is 0 Å². The molecule has 1 fully saturated rings. The first kappa shape index (κ1) is 25.0. The molecule has 0 spiro atoms. The lowest BCUT2D eigenvalue weighted by atomic mass is 9.86. The lowest BCUT2D eigenvalue weighted by Crippen LogP contribution is -2.32. The molecule has 1 atom stereocenters. The van der Waals surface area contributed by atoms with Gasteiger partial charge in [0.15, 0.2) is 11.0 Å². The minimum atomic E-state index is -0.208. The largest absolute Gasteiger partial charge is 0.355 e. The highest BCUT2D eigenvalue weighted by Crippen LogP contribution is 2.38. The van der Waals surface area contributed by atoms with Crippen molar-refractivity contribution in [2.75, 3.05) is 6.54 Å². The standard InChI is InChI=1S/C28H40N4OS/c1-20(26(33)29-19-18-21-10-6-5-7-11-21)34-27-31-30-25(32(27)24-12-8-9-13-24)22-14-16-23(17-15-22)28(2,3)4/h10,14-17,20,24H,5-9,11-13,18-19H2,1-4H3,(H,29,33). The van der Waals surface area contributed by atoms with Gasteiger partial charge in [-0.2, -0.15) is 0 Å². The molecule has 34 heavy (non-hydrogen) atoms. The number of carbonyl (C=O) groups excluding carboxylic acids is 1. The van der Waals surface area contributed by atoms with Gasteiger partial charge < -0.3 is 5.32 Å². The molecule has 1 unspecified atom stereocenters. The van der Waals surface area contributed by atoms with Crippen LogP contribution in [0.2, 0.25) is 0 Å². The van der Waals surface area contributed by atoms with E-state index in [0.29, 0.717) is 6.04 Å². The molecule has 1 aromatic carbocycles. The van der Waals surface area contributed by atoms with Crippen LogP contribution < -0.4 is 5.32 Å². The second kappa shape index (κ2) is 11.1. The van der Waals surface area contributed by atoms with Gasteiger partial charge in [-0.15, -0.1) is 10.2 Å². The average molecular weight is 481 g/mol. The highest BCUT2D eigenvalue weighted by Gasteiger charge is 2.27. The van der Waals surface area contributed by atoms with Crippen LogP contribution in [0.1, 0.15) is 97.1 Å². The van der Waals surface area contributed by atoms with Crippen LogP contribution in [0.3, 0.4) is 0 Å². The summed E-state index contributed by atoms with van der Waals surface area (Å²) in [4.78, 5) is 12.8. The van der Waals surface area contributed by atoms with Gasteiger partial charge in [0, 0.05) is 18.2 Å². The van der Waals surface area contributed by atoms with E-state index >= 15 is 0 Å². The third kappa shape index (κ3) is 6.12. The lowest BCUT2D eigenvalue weighted by molar-refractivity contribution is -0.120. The van der Waals surface area contributed by atoms with Gasteiger partial charge in [0.25, 0.3) is 0 Å². The maximum atomic E-state index is 12.8. The number of benzene rings is 1. The molecule has 1 aromatic heterocycles. The van der Waals surface area contributed by atoms with E-state index in [2.05, 4.69) is 71.2 Å². The predicted molar refractivity (Wildman–Crippen MR) is 141 cm³/mol. The zero-order valence-electron chi connectivity index (χ0n) is 21.3. The van der Waals surface area contributed by atoms with Crippen molar-refractivity contribution in [1.82, 2.24) is 20.1 Å². The minimum Gasteiger partial charge on any atom is -0.355 e. The fraction of sp³-hybridized carbons (Fsp3) is 0.607. The van der Waals surface area contributed by atoms with Gasteiger partial charge >= 0.3 is 0 Å². The Morgan fingerprint density at radius 2 is 1.85 bits per heavy atom. The Balaban J connectivity index is 1.46. The topological polar surface area (TPSA) is 59.8 Å². The van der Waals surface area contributed by atoms with Gasteiger partial charge in [-0.05, 0) is 62.8 Å². The van der Waals surface area contributed by atoms with Crippen LogP contribution in [0.25, 0.3) is 11.4 Å². The maximum Gasteiger partial charge on any atom is 0.233 e. The van der Waals surface area contributed by atoms with Crippen molar-refractivity contribution in [1.29, 1.82) is 0 Å². The number of aromatic nitrogens is 3. The number of carbonyl (C=O) groups is 1. The number of allylic oxidation sites excluding steroid dienone is 1. The molecule has 1 N–H and O–H groups in total. The SMILES string of the molecule is CC(Sc1nnc(-c2ccc(C(C)(C)C)cc2)n1C1CCCC1)C(=O)NCCC1=CCCCC1. The quantitative estimate of drug-likeness (QED) is 0.332. The number of nitrogens with one attached hydrogen (secondary N) is 1. The van der Waals surface area contributed by atoms with Gasteiger partial charge in [-0.3, -0.25) is 9.36 Å². The molecule has 1 heterocycles. The Labute approximate surface area is 209 Å². The molecule has 184 valence electrons. The molecule has 0 radical (unpaired) electrons. The zero-order valence-corrected chi connectivity index (χ0v) is 22.1. The summed E-state index contributed by atoms with van der Waals surface area (Å²) in [6, 6.07) is 9.14. The molecule has 2 aliphatic rings. The zero-order chi connectivity index (χ0) is 24.1. The van der Waals surface area contributed by atoms with Gasteiger partial charge in [0.05, 0.1) is 5.25 Å². The Morgan fingerprint density at radius 3 is 2.50 bits per heavy atom. The second-order valence-electron chi connectivity index (χ2n) is 10.9. The van der Waals surface area contributed by atoms with Gasteiger partial charge in [0.1, 0.15) is 0 Å². The van der Waals surface area contributed by atoms with Crippen LogP contribution in [-0.4, -0.2) is 32.5 Å². The average Bonchev–Trinajstić information content (AvgIpc) is 3.49. The number of thioether (sulfide) groups is 1. The second-order valence-corrected chi connectivity index (χ2v) is 12.2. The number of hydrogen-bond acceptors (Lipinski definition) is 4. The van der Waals surface area contributed by atoms with Crippen molar-refractivity contribution >= 4 is 17.7 Å². The molecule has 2 aliphatic carbocycles.